The maximum Gasteiger partial charge on any atom is 0.106 e. The quantitative estimate of drug-likeness (QED) is 0.430. The molecule has 72 valence electrons. The molecule has 3 heteroatoms. The monoisotopic (exact) mass is 184 g/mol. The lowest BCUT2D eigenvalue weighted by Gasteiger charge is -2.81. The first kappa shape index (κ1) is 9.18. The van der Waals surface area contributed by atoms with Crippen LogP contribution in [0.4, 0.5) is 0 Å². The molecule has 0 aliphatic heterocycles. The Morgan fingerprint density at radius 2 is 2.07 bits per heavy atom. The molecule has 0 spiro atoms. The molecular formula is C11H19B3. The fraction of sp³-hybridized carbons (Fsp3) is 0.818. The minimum absolute atomic E-state index is 0.694. The predicted molar refractivity (Wildman–Crippen MR) is 69.2 cm³/mol. The van der Waals surface area contributed by atoms with Crippen LogP contribution in [0.3, 0.4) is 0 Å². The van der Waals surface area contributed by atoms with Gasteiger partial charge in [0.2, 0.25) is 0 Å². The Balaban J connectivity index is 2.00. The van der Waals surface area contributed by atoms with E-state index in [1.165, 1.54) is 31.8 Å². The number of hydrogen-bond acceptors (Lipinski definition) is 0. The highest BCUT2D eigenvalue weighted by Gasteiger charge is 2.76. The first-order chi connectivity index (χ1) is 6.76. The van der Waals surface area contributed by atoms with Gasteiger partial charge in [-0.1, -0.05) is 30.6 Å². The first-order valence-corrected chi connectivity index (χ1v) is 6.48. The standard InChI is InChI=1S/C11H19B3/c12-4-7-3-9-8-1-2-10(8,5-13)11(7,9)6-14/h3,8-9H,1-2,4-6,12-14H2/t8?,9?,10-,11-/m0/s1. The van der Waals surface area contributed by atoms with Gasteiger partial charge in [0.1, 0.15) is 23.5 Å². The van der Waals surface area contributed by atoms with Gasteiger partial charge in [0.15, 0.2) is 0 Å². The molecule has 14 heavy (non-hydrogen) atoms. The van der Waals surface area contributed by atoms with Crippen LogP contribution in [0, 0.1) is 22.7 Å². The SMILES string of the molecule is BCC1=CC2C3CC[C@@]3(CB)[C@@]12CB. The molecule has 2 saturated carbocycles. The molecule has 0 N–H and O–H groups in total. The zero-order chi connectivity index (χ0) is 9.97. The normalized spacial score (nSPS) is 53.0. The summed E-state index contributed by atoms with van der Waals surface area (Å²) in [4.78, 5) is 0. The highest BCUT2D eigenvalue weighted by molar-refractivity contribution is 6.13. The van der Waals surface area contributed by atoms with E-state index in [4.69, 9.17) is 0 Å². The van der Waals surface area contributed by atoms with Gasteiger partial charge >= 0.3 is 0 Å². The number of rotatable bonds is 3. The molecule has 0 nitrogen and oxygen atoms in total. The molecule has 2 unspecified atom stereocenters. The summed E-state index contributed by atoms with van der Waals surface area (Å²) in [6, 6.07) is 0. The summed E-state index contributed by atoms with van der Waals surface area (Å²) in [5, 5.41) is 0. The Labute approximate surface area is 90.1 Å². The van der Waals surface area contributed by atoms with Crippen molar-refractivity contribution >= 4 is 23.5 Å². The summed E-state index contributed by atoms with van der Waals surface area (Å²) in [5.74, 6) is 2.08. The highest BCUT2D eigenvalue weighted by Crippen LogP contribution is 2.83. The summed E-state index contributed by atoms with van der Waals surface area (Å²) in [5.41, 5.74) is 3.27. The Kier molecular flexibility index (Phi) is 1.67. The van der Waals surface area contributed by atoms with Gasteiger partial charge in [0, 0.05) is 0 Å². The van der Waals surface area contributed by atoms with E-state index < -0.39 is 0 Å². The maximum absolute atomic E-state index is 2.61. The van der Waals surface area contributed by atoms with Crippen molar-refractivity contribution < 1.29 is 0 Å². The Morgan fingerprint density at radius 3 is 2.50 bits per heavy atom. The van der Waals surface area contributed by atoms with Gasteiger partial charge in [0.05, 0.1) is 0 Å². The molecule has 0 amide bonds. The van der Waals surface area contributed by atoms with Crippen LogP contribution in [-0.2, 0) is 0 Å². The van der Waals surface area contributed by atoms with Crippen molar-refractivity contribution in [3.05, 3.63) is 11.6 Å². The summed E-state index contributed by atoms with van der Waals surface area (Å²) in [7, 11) is 7.18. The predicted octanol–water partition coefficient (Wildman–Crippen LogP) is 0.0932. The average Bonchev–Trinajstić information content (AvgIpc) is 2.17. The third-order valence-electron chi connectivity index (χ3n) is 6.03. The van der Waals surface area contributed by atoms with Gasteiger partial charge in [-0.15, -0.1) is 0 Å². The van der Waals surface area contributed by atoms with Gasteiger partial charge in [-0.2, -0.15) is 0 Å². The topological polar surface area (TPSA) is 0 Å². The second-order valence-corrected chi connectivity index (χ2v) is 5.55. The lowest BCUT2D eigenvalue weighted by Crippen LogP contribution is -2.74. The van der Waals surface area contributed by atoms with Crippen LogP contribution < -0.4 is 0 Å². The molecule has 3 rings (SSSR count). The van der Waals surface area contributed by atoms with Crippen molar-refractivity contribution in [2.24, 2.45) is 22.7 Å². The van der Waals surface area contributed by atoms with Crippen LogP contribution in [0.5, 0.6) is 0 Å². The van der Waals surface area contributed by atoms with E-state index in [2.05, 4.69) is 29.6 Å². The van der Waals surface area contributed by atoms with E-state index in [9.17, 15) is 0 Å². The number of hydrogen-bond donors (Lipinski definition) is 0. The van der Waals surface area contributed by atoms with Crippen molar-refractivity contribution in [1.29, 1.82) is 0 Å². The molecule has 2 fully saturated rings. The van der Waals surface area contributed by atoms with Crippen molar-refractivity contribution in [3.63, 3.8) is 0 Å². The van der Waals surface area contributed by atoms with Crippen molar-refractivity contribution in [3.8, 4) is 0 Å². The largest absolute Gasteiger partial charge is 0.106 e. The van der Waals surface area contributed by atoms with Crippen molar-refractivity contribution in [1.82, 2.24) is 0 Å². The van der Waals surface area contributed by atoms with Crippen LogP contribution >= 0.6 is 0 Å². The fourth-order valence-electron chi connectivity index (χ4n) is 5.38. The molecule has 0 aromatic rings. The van der Waals surface area contributed by atoms with Crippen molar-refractivity contribution in [2.45, 2.75) is 31.8 Å². The molecule has 0 heterocycles. The lowest BCUT2D eigenvalue weighted by atomic mass is 9.21. The summed E-state index contributed by atoms with van der Waals surface area (Å²) >= 11 is 0. The summed E-state index contributed by atoms with van der Waals surface area (Å²) in [6.07, 6.45) is 9.80. The van der Waals surface area contributed by atoms with Crippen LogP contribution in [0.15, 0.2) is 11.6 Å². The van der Waals surface area contributed by atoms with Crippen LogP contribution in [0.25, 0.3) is 0 Å². The summed E-state index contributed by atoms with van der Waals surface area (Å²) in [6.45, 7) is 0. The van der Waals surface area contributed by atoms with Gasteiger partial charge < -0.3 is 0 Å². The smallest absolute Gasteiger partial charge is 0.0812 e. The van der Waals surface area contributed by atoms with E-state index >= 15 is 0 Å². The zero-order valence-electron chi connectivity index (χ0n) is 9.77. The van der Waals surface area contributed by atoms with Gasteiger partial charge in [-0.05, 0) is 35.5 Å². The Hall–Kier alpha value is -0.0652. The van der Waals surface area contributed by atoms with Crippen LogP contribution in [-0.4, -0.2) is 23.5 Å². The van der Waals surface area contributed by atoms with Gasteiger partial charge in [0.25, 0.3) is 0 Å². The van der Waals surface area contributed by atoms with Crippen molar-refractivity contribution in [2.75, 3.05) is 0 Å². The number of fused-ring (bicyclic) bond motifs is 4. The first-order valence-electron chi connectivity index (χ1n) is 6.48. The van der Waals surface area contributed by atoms with E-state index in [0.29, 0.717) is 5.41 Å². The van der Waals surface area contributed by atoms with Crippen LogP contribution in [0.1, 0.15) is 12.8 Å². The second kappa shape index (κ2) is 2.54. The molecular weight excluding hydrogens is 165 g/mol. The van der Waals surface area contributed by atoms with Gasteiger partial charge in [-0.25, -0.2) is 0 Å². The fourth-order valence-corrected chi connectivity index (χ4v) is 5.38. The molecule has 0 radical (unpaired) electrons. The van der Waals surface area contributed by atoms with E-state index in [0.717, 1.165) is 17.3 Å². The molecule has 4 atom stereocenters. The molecule has 0 bridgehead atoms. The lowest BCUT2D eigenvalue weighted by molar-refractivity contribution is -0.232. The van der Waals surface area contributed by atoms with Gasteiger partial charge in [-0.3, -0.25) is 0 Å². The summed E-state index contributed by atoms with van der Waals surface area (Å²) < 4.78 is 0. The van der Waals surface area contributed by atoms with E-state index in [1.807, 2.05) is 5.57 Å². The average molecular weight is 184 g/mol. The third-order valence-corrected chi connectivity index (χ3v) is 6.03. The zero-order valence-corrected chi connectivity index (χ0v) is 9.77. The number of allylic oxidation sites excluding steroid dienone is 2. The highest BCUT2D eigenvalue weighted by atomic mass is 14.8. The Bertz CT molecular complexity index is 308. The molecule has 3 aliphatic carbocycles. The molecule has 3 aliphatic rings. The Morgan fingerprint density at radius 1 is 1.29 bits per heavy atom. The van der Waals surface area contributed by atoms with E-state index in [-0.39, 0.29) is 0 Å². The minimum atomic E-state index is 0.694. The third kappa shape index (κ3) is 0.596. The molecule has 0 saturated heterocycles. The maximum atomic E-state index is 2.61. The minimum Gasteiger partial charge on any atom is -0.0812 e. The molecule has 0 aromatic heterocycles. The molecule has 0 aromatic carbocycles. The van der Waals surface area contributed by atoms with E-state index in [1.54, 1.807) is 0 Å². The second-order valence-electron chi connectivity index (χ2n) is 5.55. The van der Waals surface area contributed by atoms with Crippen LogP contribution in [0.2, 0.25) is 19.0 Å².